The number of hydrogen-bond donors (Lipinski definition) is 1. The number of aryl methyl sites for hydroxylation is 1. The molecule has 0 spiro atoms. The van der Waals surface area contributed by atoms with Crippen molar-refractivity contribution in [3.8, 4) is 5.88 Å². The Morgan fingerprint density at radius 2 is 1.78 bits per heavy atom. The predicted molar refractivity (Wildman–Crippen MR) is 119 cm³/mol. The number of aromatic nitrogens is 1. The van der Waals surface area contributed by atoms with Crippen molar-refractivity contribution in [2.24, 2.45) is 0 Å². The molecule has 2 aliphatic heterocycles. The number of pyridine rings is 1. The molecule has 8 heteroatoms. The number of anilines is 1. The number of likely N-dealkylation sites (tertiary alicyclic amines) is 2. The van der Waals surface area contributed by atoms with Gasteiger partial charge < -0.3 is 19.9 Å². The molecule has 2 aliphatic rings. The van der Waals surface area contributed by atoms with Crippen molar-refractivity contribution in [3.63, 3.8) is 0 Å². The Bertz CT molecular complexity index is 952. The van der Waals surface area contributed by atoms with Crippen LogP contribution in [0, 0.1) is 12.7 Å². The van der Waals surface area contributed by atoms with E-state index in [2.05, 4.69) is 10.3 Å². The molecule has 0 bridgehead atoms. The first-order valence-electron chi connectivity index (χ1n) is 11.2. The number of ether oxygens (including phenoxy) is 1. The summed E-state index contributed by atoms with van der Waals surface area (Å²) in [5, 5.41) is 2.81. The van der Waals surface area contributed by atoms with Crippen LogP contribution >= 0.6 is 0 Å². The van der Waals surface area contributed by atoms with Crippen molar-refractivity contribution < 1.29 is 18.7 Å². The molecule has 3 heterocycles. The second kappa shape index (κ2) is 9.97. The molecule has 7 nitrogen and oxygen atoms in total. The first-order chi connectivity index (χ1) is 15.5. The molecule has 170 valence electrons. The van der Waals surface area contributed by atoms with E-state index in [1.807, 2.05) is 19.1 Å². The number of amides is 3. The van der Waals surface area contributed by atoms with Crippen molar-refractivity contribution in [3.05, 3.63) is 53.5 Å². The molecule has 2 fully saturated rings. The second-order valence-corrected chi connectivity index (χ2v) is 8.45. The highest BCUT2D eigenvalue weighted by Gasteiger charge is 2.27. The van der Waals surface area contributed by atoms with E-state index in [0.717, 1.165) is 24.8 Å². The number of hydrogen-bond acceptors (Lipinski definition) is 4. The number of nitrogens with one attached hydrogen (secondary N) is 1. The highest BCUT2D eigenvalue weighted by molar-refractivity contribution is 6.03. The normalized spacial score (nSPS) is 17.2. The monoisotopic (exact) mass is 440 g/mol. The van der Waals surface area contributed by atoms with Crippen LogP contribution in [0.15, 0.2) is 36.5 Å². The summed E-state index contributed by atoms with van der Waals surface area (Å²) >= 11 is 0. The summed E-state index contributed by atoms with van der Waals surface area (Å²) in [6.45, 7) is 4.34. The van der Waals surface area contributed by atoms with Crippen molar-refractivity contribution in [2.75, 3.05) is 31.5 Å². The maximum absolute atomic E-state index is 14.0. The van der Waals surface area contributed by atoms with E-state index in [1.165, 1.54) is 18.2 Å². The van der Waals surface area contributed by atoms with Gasteiger partial charge in [0.2, 0.25) is 5.88 Å². The number of nitrogens with zero attached hydrogens (tertiary/aromatic N) is 3. The Kier molecular flexibility index (Phi) is 6.87. The number of carbonyl (C=O) groups excluding carboxylic acids is 2. The maximum atomic E-state index is 14.0. The Hall–Kier alpha value is -3.16. The minimum atomic E-state index is -0.506. The highest BCUT2D eigenvalue weighted by Crippen LogP contribution is 2.24. The SMILES string of the molecule is Cc1ccc(OC2CCN(C(=O)c3cc(F)ccc3NC(=O)N3CCCCC3)CC2)nc1. The Morgan fingerprint density at radius 3 is 2.47 bits per heavy atom. The molecule has 4 rings (SSSR count). The molecule has 0 unspecified atom stereocenters. The Morgan fingerprint density at radius 1 is 1.03 bits per heavy atom. The third-order valence-electron chi connectivity index (χ3n) is 6.00. The topological polar surface area (TPSA) is 74.8 Å². The number of halogens is 1. The number of urea groups is 1. The average molecular weight is 441 g/mol. The fourth-order valence-electron chi connectivity index (χ4n) is 4.14. The summed E-state index contributed by atoms with van der Waals surface area (Å²) in [6, 6.07) is 7.47. The maximum Gasteiger partial charge on any atom is 0.321 e. The van der Waals surface area contributed by atoms with Gasteiger partial charge in [-0.3, -0.25) is 4.79 Å². The van der Waals surface area contributed by atoms with Gasteiger partial charge in [0.1, 0.15) is 11.9 Å². The molecule has 32 heavy (non-hydrogen) atoms. The summed E-state index contributed by atoms with van der Waals surface area (Å²) in [5.74, 6) is -0.216. The van der Waals surface area contributed by atoms with Crippen molar-refractivity contribution in [1.82, 2.24) is 14.8 Å². The quantitative estimate of drug-likeness (QED) is 0.772. The van der Waals surface area contributed by atoms with Gasteiger partial charge in [-0.25, -0.2) is 14.2 Å². The molecule has 1 N–H and O–H groups in total. The minimum Gasteiger partial charge on any atom is -0.474 e. The van der Waals surface area contributed by atoms with E-state index in [4.69, 9.17) is 4.74 Å². The van der Waals surface area contributed by atoms with Crippen LogP contribution in [0.3, 0.4) is 0 Å². The zero-order valence-corrected chi connectivity index (χ0v) is 18.3. The molecule has 2 aromatic rings. The van der Waals surface area contributed by atoms with Crippen LogP contribution in [-0.4, -0.2) is 59.0 Å². The summed E-state index contributed by atoms with van der Waals surface area (Å²) in [4.78, 5) is 33.5. The zero-order valence-electron chi connectivity index (χ0n) is 18.3. The molecule has 1 aromatic heterocycles. The standard InChI is InChI=1S/C24H29FN4O3/c1-17-5-8-22(26-16-17)32-19-9-13-28(14-10-19)23(30)20-15-18(25)6-7-21(20)27-24(31)29-11-3-2-4-12-29/h5-8,15-16,19H,2-4,9-14H2,1H3,(H,27,31). The lowest BCUT2D eigenvalue weighted by atomic mass is 10.1. The third-order valence-corrected chi connectivity index (χ3v) is 6.00. The van der Waals surface area contributed by atoms with Crippen LogP contribution in [-0.2, 0) is 0 Å². The van der Waals surface area contributed by atoms with Gasteiger partial charge in [-0.1, -0.05) is 6.07 Å². The number of piperidine rings is 2. The van der Waals surface area contributed by atoms with Crippen LogP contribution in [0.5, 0.6) is 5.88 Å². The lowest BCUT2D eigenvalue weighted by molar-refractivity contribution is 0.0588. The average Bonchev–Trinajstić information content (AvgIpc) is 2.82. The predicted octanol–water partition coefficient (Wildman–Crippen LogP) is 4.23. The molecule has 2 saturated heterocycles. The third kappa shape index (κ3) is 5.36. The molecular formula is C24H29FN4O3. The van der Waals surface area contributed by atoms with Gasteiger partial charge in [0.15, 0.2) is 0 Å². The van der Waals surface area contributed by atoms with E-state index in [1.54, 1.807) is 16.0 Å². The fourth-order valence-corrected chi connectivity index (χ4v) is 4.14. The smallest absolute Gasteiger partial charge is 0.321 e. The minimum absolute atomic E-state index is 0.0277. The molecule has 0 atom stereocenters. The zero-order chi connectivity index (χ0) is 22.5. The van der Waals surface area contributed by atoms with Gasteiger partial charge in [0.25, 0.3) is 5.91 Å². The van der Waals surface area contributed by atoms with Gasteiger partial charge in [0, 0.05) is 51.3 Å². The van der Waals surface area contributed by atoms with Gasteiger partial charge in [-0.2, -0.15) is 0 Å². The first kappa shape index (κ1) is 22.0. The van der Waals surface area contributed by atoms with E-state index in [9.17, 15) is 14.0 Å². The number of benzene rings is 1. The van der Waals surface area contributed by atoms with Crippen LogP contribution in [0.25, 0.3) is 0 Å². The summed E-state index contributed by atoms with van der Waals surface area (Å²) in [6.07, 6.45) is 6.11. The lowest BCUT2D eigenvalue weighted by Crippen LogP contribution is -2.42. The molecular weight excluding hydrogens is 411 g/mol. The number of rotatable bonds is 4. The Labute approximate surface area is 187 Å². The van der Waals surface area contributed by atoms with Crippen LogP contribution in [0.1, 0.15) is 48.0 Å². The highest BCUT2D eigenvalue weighted by atomic mass is 19.1. The van der Waals surface area contributed by atoms with E-state index < -0.39 is 5.82 Å². The molecule has 3 amide bonds. The molecule has 1 aromatic carbocycles. The van der Waals surface area contributed by atoms with Crippen molar-refractivity contribution >= 4 is 17.6 Å². The van der Waals surface area contributed by atoms with Gasteiger partial charge in [0.05, 0.1) is 11.3 Å². The summed E-state index contributed by atoms with van der Waals surface area (Å²) in [7, 11) is 0. The second-order valence-electron chi connectivity index (χ2n) is 8.45. The van der Waals surface area contributed by atoms with Crippen LogP contribution < -0.4 is 10.1 Å². The van der Waals surface area contributed by atoms with Crippen molar-refractivity contribution in [1.29, 1.82) is 0 Å². The van der Waals surface area contributed by atoms with Crippen LogP contribution in [0.4, 0.5) is 14.9 Å². The largest absolute Gasteiger partial charge is 0.474 e. The number of carbonyl (C=O) groups is 2. The van der Waals surface area contributed by atoms with Gasteiger partial charge in [-0.15, -0.1) is 0 Å². The molecule has 0 saturated carbocycles. The fraction of sp³-hybridized carbons (Fsp3) is 0.458. The molecule has 0 aliphatic carbocycles. The van der Waals surface area contributed by atoms with Crippen LogP contribution in [0.2, 0.25) is 0 Å². The van der Waals surface area contributed by atoms with E-state index >= 15 is 0 Å². The van der Waals surface area contributed by atoms with Gasteiger partial charge >= 0.3 is 6.03 Å². The Balaban J connectivity index is 1.39. The van der Waals surface area contributed by atoms with Crippen molar-refractivity contribution in [2.45, 2.75) is 45.1 Å². The first-order valence-corrected chi connectivity index (χ1v) is 11.2. The van der Waals surface area contributed by atoms with Gasteiger partial charge in [-0.05, 0) is 49.9 Å². The molecule has 0 radical (unpaired) electrons. The lowest BCUT2D eigenvalue weighted by Gasteiger charge is -2.32. The summed E-state index contributed by atoms with van der Waals surface area (Å²) in [5.41, 5.74) is 1.58. The van der Waals surface area contributed by atoms with E-state index in [-0.39, 0.29) is 23.6 Å². The summed E-state index contributed by atoms with van der Waals surface area (Å²) < 4.78 is 19.9. The van der Waals surface area contributed by atoms with E-state index in [0.29, 0.717) is 50.6 Å².